The molecule has 12 heavy (non-hydrogen) atoms. The highest BCUT2D eigenvalue weighted by Gasteiger charge is 1.93. The number of rotatable bonds is 2. The van der Waals surface area contributed by atoms with Crippen LogP contribution < -0.4 is 0 Å². The van der Waals surface area contributed by atoms with Crippen molar-refractivity contribution in [2.75, 3.05) is 7.11 Å². The summed E-state index contributed by atoms with van der Waals surface area (Å²) in [5.41, 5.74) is 0.794. The Labute approximate surface area is 77.8 Å². The molecule has 0 spiro atoms. The third kappa shape index (κ3) is 4.26. The van der Waals surface area contributed by atoms with E-state index in [9.17, 15) is 0 Å². The van der Waals surface area contributed by atoms with Gasteiger partial charge in [0.2, 0.25) is 0 Å². The molecule has 1 rings (SSSR count). The SMILES string of the molecule is CC.COCc1cc(Cl)ncn1. The fourth-order valence-electron chi connectivity index (χ4n) is 0.597. The third-order valence-electron chi connectivity index (χ3n) is 0.983. The second-order valence-corrected chi connectivity index (χ2v) is 2.15. The lowest BCUT2D eigenvalue weighted by atomic mass is 10.4. The van der Waals surface area contributed by atoms with Gasteiger partial charge in [-0.3, -0.25) is 0 Å². The van der Waals surface area contributed by atoms with Crippen LogP contribution in [-0.4, -0.2) is 17.1 Å². The number of hydrogen-bond donors (Lipinski definition) is 0. The van der Waals surface area contributed by atoms with Crippen LogP contribution in [0.2, 0.25) is 5.15 Å². The first-order valence-corrected chi connectivity index (χ1v) is 4.16. The van der Waals surface area contributed by atoms with Crippen molar-refractivity contribution >= 4 is 11.6 Å². The van der Waals surface area contributed by atoms with Gasteiger partial charge in [0, 0.05) is 7.11 Å². The van der Waals surface area contributed by atoms with Gasteiger partial charge in [-0.2, -0.15) is 0 Å². The van der Waals surface area contributed by atoms with Gasteiger partial charge in [-0.15, -0.1) is 0 Å². The summed E-state index contributed by atoms with van der Waals surface area (Å²) in [6.45, 7) is 4.47. The monoisotopic (exact) mass is 188 g/mol. The lowest BCUT2D eigenvalue weighted by molar-refractivity contribution is 0.181. The summed E-state index contributed by atoms with van der Waals surface area (Å²) in [6.07, 6.45) is 1.41. The van der Waals surface area contributed by atoms with E-state index in [0.29, 0.717) is 11.8 Å². The lowest BCUT2D eigenvalue weighted by Crippen LogP contribution is -1.92. The molecule has 0 saturated heterocycles. The van der Waals surface area contributed by atoms with Crippen molar-refractivity contribution < 1.29 is 4.74 Å². The normalized spacial score (nSPS) is 8.67. The first-order chi connectivity index (χ1) is 5.83. The van der Waals surface area contributed by atoms with Crippen molar-refractivity contribution in [3.8, 4) is 0 Å². The van der Waals surface area contributed by atoms with Crippen molar-refractivity contribution in [2.45, 2.75) is 20.5 Å². The Hall–Kier alpha value is -0.670. The van der Waals surface area contributed by atoms with Crippen LogP contribution in [0.3, 0.4) is 0 Å². The van der Waals surface area contributed by atoms with Crippen molar-refractivity contribution in [1.82, 2.24) is 9.97 Å². The quantitative estimate of drug-likeness (QED) is 0.669. The van der Waals surface area contributed by atoms with E-state index in [0.717, 1.165) is 5.69 Å². The van der Waals surface area contributed by atoms with Crippen LogP contribution in [-0.2, 0) is 11.3 Å². The summed E-state index contributed by atoms with van der Waals surface area (Å²) in [6, 6.07) is 1.67. The second-order valence-electron chi connectivity index (χ2n) is 1.77. The summed E-state index contributed by atoms with van der Waals surface area (Å²) in [7, 11) is 1.61. The zero-order valence-corrected chi connectivity index (χ0v) is 8.30. The van der Waals surface area contributed by atoms with Gasteiger partial charge < -0.3 is 4.74 Å². The van der Waals surface area contributed by atoms with Gasteiger partial charge in [0.1, 0.15) is 11.5 Å². The van der Waals surface area contributed by atoms with E-state index in [4.69, 9.17) is 16.3 Å². The van der Waals surface area contributed by atoms with Gasteiger partial charge in [0.25, 0.3) is 0 Å². The largest absolute Gasteiger partial charge is 0.378 e. The molecule has 4 heteroatoms. The van der Waals surface area contributed by atoms with Crippen LogP contribution in [0.1, 0.15) is 19.5 Å². The maximum Gasteiger partial charge on any atom is 0.132 e. The molecule has 0 aromatic carbocycles. The number of halogens is 1. The van der Waals surface area contributed by atoms with Gasteiger partial charge in [0.05, 0.1) is 12.3 Å². The third-order valence-corrected chi connectivity index (χ3v) is 1.19. The lowest BCUT2D eigenvalue weighted by Gasteiger charge is -1.96. The fraction of sp³-hybridized carbons (Fsp3) is 0.500. The van der Waals surface area contributed by atoms with Crippen molar-refractivity contribution in [1.29, 1.82) is 0 Å². The first kappa shape index (κ1) is 11.3. The van der Waals surface area contributed by atoms with Gasteiger partial charge in [0.15, 0.2) is 0 Å². The summed E-state index contributed by atoms with van der Waals surface area (Å²) in [5.74, 6) is 0. The summed E-state index contributed by atoms with van der Waals surface area (Å²) < 4.78 is 4.83. The van der Waals surface area contributed by atoms with Crippen LogP contribution in [0.5, 0.6) is 0 Å². The van der Waals surface area contributed by atoms with E-state index < -0.39 is 0 Å². The Morgan fingerprint density at radius 3 is 2.58 bits per heavy atom. The smallest absolute Gasteiger partial charge is 0.132 e. The van der Waals surface area contributed by atoms with Gasteiger partial charge in [-0.05, 0) is 6.07 Å². The van der Waals surface area contributed by atoms with Crippen molar-refractivity contribution in [3.05, 3.63) is 23.2 Å². The fourth-order valence-corrected chi connectivity index (χ4v) is 0.767. The van der Waals surface area contributed by atoms with Crippen LogP contribution in [0.25, 0.3) is 0 Å². The Morgan fingerprint density at radius 1 is 1.42 bits per heavy atom. The standard InChI is InChI=1S/C6H7ClN2O.C2H6/c1-10-3-5-2-6(7)9-4-8-5;1-2/h2,4H,3H2,1H3;1-2H3. The highest BCUT2D eigenvalue weighted by Crippen LogP contribution is 2.04. The highest BCUT2D eigenvalue weighted by atomic mass is 35.5. The van der Waals surface area contributed by atoms with Gasteiger partial charge in [-0.25, -0.2) is 9.97 Å². The van der Waals surface area contributed by atoms with Crippen molar-refractivity contribution in [3.63, 3.8) is 0 Å². The summed E-state index contributed by atoms with van der Waals surface area (Å²) in [5, 5.41) is 0.446. The zero-order valence-electron chi connectivity index (χ0n) is 7.54. The Kier molecular flexibility index (Phi) is 6.61. The number of methoxy groups -OCH3 is 1. The molecule has 0 aliphatic heterocycles. The molecule has 0 aliphatic carbocycles. The first-order valence-electron chi connectivity index (χ1n) is 3.78. The van der Waals surface area contributed by atoms with Crippen molar-refractivity contribution in [2.24, 2.45) is 0 Å². The molecule has 0 aliphatic rings. The maximum absolute atomic E-state index is 5.57. The molecule has 0 amide bonds. The number of ether oxygens (including phenoxy) is 1. The predicted octanol–water partition coefficient (Wildman–Crippen LogP) is 2.30. The molecule has 1 aromatic heterocycles. The van der Waals surface area contributed by atoms with E-state index in [-0.39, 0.29) is 0 Å². The van der Waals surface area contributed by atoms with E-state index >= 15 is 0 Å². The van der Waals surface area contributed by atoms with Crippen LogP contribution in [0.15, 0.2) is 12.4 Å². The molecule has 3 nitrogen and oxygen atoms in total. The van der Waals surface area contributed by atoms with Gasteiger partial charge >= 0.3 is 0 Å². The van der Waals surface area contributed by atoms with Crippen LogP contribution in [0.4, 0.5) is 0 Å². The molecule has 0 fully saturated rings. The highest BCUT2D eigenvalue weighted by molar-refractivity contribution is 6.29. The molecular weight excluding hydrogens is 176 g/mol. The molecule has 0 N–H and O–H groups in total. The molecule has 0 saturated carbocycles. The molecule has 0 radical (unpaired) electrons. The topological polar surface area (TPSA) is 35.0 Å². The Balaban J connectivity index is 0.000000561. The van der Waals surface area contributed by atoms with Gasteiger partial charge in [-0.1, -0.05) is 25.4 Å². The Morgan fingerprint density at radius 2 is 2.08 bits per heavy atom. The average Bonchev–Trinajstić information content (AvgIpc) is 2.09. The van der Waals surface area contributed by atoms with E-state index in [2.05, 4.69) is 9.97 Å². The number of hydrogen-bond acceptors (Lipinski definition) is 3. The molecule has 0 unspecified atom stereocenters. The van der Waals surface area contributed by atoms with Crippen LogP contribution >= 0.6 is 11.6 Å². The summed E-state index contributed by atoms with van der Waals surface area (Å²) >= 11 is 5.57. The number of nitrogens with zero attached hydrogens (tertiary/aromatic N) is 2. The minimum atomic E-state index is 0.446. The Bertz CT molecular complexity index is 218. The molecule has 1 aromatic rings. The molecule has 68 valence electrons. The van der Waals surface area contributed by atoms with E-state index in [1.165, 1.54) is 6.33 Å². The molecular formula is C8H13ClN2O. The van der Waals surface area contributed by atoms with E-state index in [1.807, 2.05) is 13.8 Å². The van der Waals surface area contributed by atoms with E-state index in [1.54, 1.807) is 13.2 Å². The molecule has 0 bridgehead atoms. The zero-order chi connectivity index (χ0) is 9.40. The average molecular weight is 189 g/mol. The predicted molar refractivity (Wildman–Crippen MR) is 49.1 cm³/mol. The molecule has 0 atom stereocenters. The second kappa shape index (κ2) is 7.00. The number of aromatic nitrogens is 2. The van der Waals surface area contributed by atoms with Crippen LogP contribution in [0, 0.1) is 0 Å². The minimum Gasteiger partial charge on any atom is -0.378 e. The molecule has 1 heterocycles. The minimum absolute atomic E-state index is 0.446. The summed E-state index contributed by atoms with van der Waals surface area (Å²) in [4.78, 5) is 7.63. The maximum atomic E-state index is 5.57.